The predicted octanol–water partition coefficient (Wildman–Crippen LogP) is 3.29. The first-order valence-electron chi connectivity index (χ1n) is 6.32. The molecular weight excluding hydrogens is 356 g/mol. The lowest BCUT2D eigenvalue weighted by molar-refractivity contribution is -0.384. The fourth-order valence-electron chi connectivity index (χ4n) is 1.65. The third-order valence-electron chi connectivity index (χ3n) is 2.91. The highest BCUT2D eigenvalue weighted by molar-refractivity contribution is 8.23. The first-order chi connectivity index (χ1) is 10.8. The molecule has 0 bridgehead atoms. The Kier molecular flexibility index (Phi) is 5.34. The van der Waals surface area contributed by atoms with Gasteiger partial charge in [0, 0.05) is 24.1 Å². The number of sulfonamides is 1. The van der Waals surface area contributed by atoms with Crippen LogP contribution in [0.3, 0.4) is 0 Å². The third kappa shape index (κ3) is 4.06. The molecule has 0 aliphatic rings. The van der Waals surface area contributed by atoms with Gasteiger partial charge < -0.3 is 0 Å². The number of thioether (sulfide) groups is 1. The standard InChI is InChI=1S/C14H12N2O4S3/c1-15(14(21)22-12-5-3-2-4-6-12)23(19,20)13-9-7-11(8-10-13)16(17)18/h2-10H,1H3. The summed E-state index contributed by atoms with van der Waals surface area (Å²) in [5, 5.41) is 10.6. The lowest BCUT2D eigenvalue weighted by Gasteiger charge is -2.19. The highest BCUT2D eigenvalue weighted by Gasteiger charge is 2.24. The third-order valence-corrected chi connectivity index (χ3v) is 6.39. The van der Waals surface area contributed by atoms with E-state index in [1.165, 1.54) is 19.2 Å². The molecular formula is C14H12N2O4S3. The quantitative estimate of drug-likeness (QED) is 0.356. The summed E-state index contributed by atoms with van der Waals surface area (Å²) in [4.78, 5) is 10.8. The van der Waals surface area contributed by atoms with Crippen LogP contribution >= 0.6 is 24.0 Å². The number of nitro benzene ring substituents is 1. The van der Waals surface area contributed by atoms with Crippen LogP contribution < -0.4 is 0 Å². The van der Waals surface area contributed by atoms with Gasteiger partial charge in [-0.25, -0.2) is 8.42 Å². The Hall–Kier alpha value is -1.97. The molecule has 0 atom stereocenters. The van der Waals surface area contributed by atoms with E-state index in [-0.39, 0.29) is 14.9 Å². The molecule has 0 amide bonds. The van der Waals surface area contributed by atoms with Crippen molar-refractivity contribution >= 4 is 44.0 Å². The Morgan fingerprint density at radius 1 is 1.13 bits per heavy atom. The normalized spacial score (nSPS) is 11.0. The van der Waals surface area contributed by atoms with Gasteiger partial charge in [0.15, 0.2) is 4.32 Å². The highest BCUT2D eigenvalue weighted by atomic mass is 32.2. The molecule has 2 rings (SSSR count). The average Bonchev–Trinajstić information content (AvgIpc) is 2.55. The van der Waals surface area contributed by atoms with Gasteiger partial charge in [-0.15, -0.1) is 0 Å². The molecule has 0 saturated heterocycles. The molecule has 9 heteroatoms. The number of thiocarbonyl (C=S) groups is 1. The van der Waals surface area contributed by atoms with Crippen LogP contribution in [0.1, 0.15) is 0 Å². The molecule has 0 saturated carbocycles. The summed E-state index contributed by atoms with van der Waals surface area (Å²) in [5.41, 5.74) is -0.173. The molecule has 0 aromatic heterocycles. The smallest absolute Gasteiger partial charge is 0.258 e. The second-order valence-electron chi connectivity index (χ2n) is 4.40. The maximum absolute atomic E-state index is 12.5. The summed E-state index contributed by atoms with van der Waals surface area (Å²) in [6, 6.07) is 13.8. The predicted molar refractivity (Wildman–Crippen MR) is 92.9 cm³/mol. The van der Waals surface area contributed by atoms with E-state index in [9.17, 15) is 18.5 Å². The maximum Gasteiger partial charge on any atom is 0.269 e. The van der Waals surface area contributed by atoms with Crippen molar-refractivity contribution in [1.29, 1.82) is 0 Å². The molecule has 6 nitrogen and oxygen atoms in total. The number of nitrogens with zero attached hydrogens (tertiary/aromatic N) is 2. The summed E-state index contributed by atoms with van der Waals surface area (Å²) in [5.74, 6) is 0. The van der Waals surface area contributed by atoms with Gasteiger partial charge in [0.2, 0.25) is 0 Å². The summed E-state index contributed by atoms with van der Waals surface area (Å²) in [6.45, 7) is 0. The molecule has 0 aliphatic heterocycles. The largest absolute Gasteiger partial charge is 0.269 e. The maximum atomic E-state index is 12.5. The number of nitro groups is 1. The zero-order valence-electron chi connectivity index (χ0n) is 11.9. The number of non-ortho nitro benzene ring substituents is 1. The SMILES string of the molecule is CN(C(=S)Sc1ccccc1)S(=O)(=O)c1ccc([N+](=O)[O-])cc1. The van der Waals surface area contributed by atoms with Crippen molar-refractivity contribution < 1.29 is 13.3 Å². The van der Waals surface area contributed by atoms with Gasteiger partial charge in [-0.05, 0) is 24.3 Å². The van der Waals surface area contributed by atoms with E-state index in [1.807, 2.05) is 30.3 Å². The van der Waals surface area contributed by atoms with Gasteiger partial charge in [0.05, 0.1) is 9.82 Å². The van der Waals surface area contributed by atoms with Gasteiger partial charge in [-0.1, -0.05) is 42.2 Å². The second-order valence-corrected chi connectivity index (χ2v) is 8.08. The van der Waals surface area contributed by atoms with Crippen LogP contribution in [-0.2, 0) is 10.0 Å². The number of rotatable bonds is 4. The molecule has 0 aliphatic carbocycles. The van der Waals surface area contributed by atoms with E-state index in [0.29, 0.717) is 0 Å². The molecule has 0 unspecified atom stereocenters. The van der Waals surface area contributed by atoms with Crippen LogP contribution in [0.25, 0.3) is 0 Å². The molecule has 0 spiro atoms. The Morgan fingerprint density at radius 3 is 2.22 bits per heavy atom. The molecule has 0 N–H and O–H groups in total. The molecule has 2 aromatic rings. The number of benzene rings is 2. The van der Waals surface area contributed by atoms with Gasteiger partial charge in [-0.3, -0.25) is 14.4 Å². The van der Waals surface area contributed by atoms with Gasteiger partial charge in [-0.2, -0.15) is 0 Å². The zero-order valence-corrected chi connectivity index (χ0v) is 14.4. The van der Waals surface area contributed by atoms with Crippen LogP contribution in [0.4, 0.5) is 5.69 Å². The highest BCUT2D eigenvalue weighted by Crippen LogP contribution is 2.25. The van der Waals surface area contributed by atoms with Crippen LogP contribution in [0, 0.1) is 10.1 Å². The van der Waals surface area contributed by atoms with Crippen molar-refractivity contribution in [3.05, 3.63) is 64.7 Å². The summed E-state index contributed by atoms with van der Waals surface area (Å²) in [7, 11) is -2.50. The first kappa shape index (κ1) is 17.4. The Labute approximate surface area is 143 Å². The monoisotopic (exact) mass is 368 g/mol. The average molecular weight is 368 g/mol. The number of hydrogen-bond donors (Lipinski definition) is 0. The van der Waals surface area contributed by atoms with Gasteiger partial charge in [0.1, 0.15) is 0 Å². The minimum atomic E-state index is -3.85. The van der Waals surface area contributed by atoms with Crippen molar-refractivity contribution in [3.63, 3.8) is 0 Å². The van der Waals surface area contributed by atoms with Crippen LogP contribution in [0.15, 0.2) is 64.4 Å². The van der Waals surface area contributed by atoms with Crippen molar-refractivity contribution in [2.75, 3.05) is 7.05 Å². The van der Waals surface area contributed by atoms with E-state index in [1.54, 1.807) is 0 Å². The summed E-state index contributed by atoms with van der Waals surface area (Å²) >= 11 is 6.33. The van der Waals surface area contributed by atoms with Crippen molar-refractivity contribution in [3.8, 4) is 0 Å². The van der Waals surface area contributed by atoms with E-state index >= 15 is 0 Å². The van der Waals surface area contributed by atoms with Gasteiger partial charge >= 0.3 is 0 Å². The molecule has 120 valence electrons. The minimum Gasteiger partial charge on any atom is -0.258 e. The molecule has 23 heavy (non-hydrogen) atoms. The van der Waals surface area contributed by atoms with E-state index < -0.39 is 14.9 Å². The summed E-state index contributed by atoms with van der Waals surface area (Å²) < 4.78 is 26.1. The molecule has 0 radical (unpaired) electrons. The van der Waals surface area contributed by atoms with E-state index in [4.69, 9.17) is 12.2 Å². The van der Waals surface area contributed by atoms with E-state index in [0.717, 1.165) is 33.1 Å². The first-order valence-corrected chi connectivity index (χ1v) is 8.99. The Morgan fingerprint density at radius 2 is 1.70 bits per heavy atom. The zero-order chi connectivity index (χ0) is 17.0. The topological polar surface area (TPSA) is 80.5 Å². The number of hydrogen-bond acceptors (Lipinski definition) is 6. The lowest BCUT2D eigenvalue weighted by Crippen LogP contribution is -2.30. The Balaban J connectivity index is 2.20. The summed E-state index contributed by atoms with van der Waals surface area (Å²) in [6.07, 6.45) is 0. The van der Waals surface area contributed by atoms with Gasteiger partial charge in [0.25, 0.3) is 15.7 Å². The van der Waals surface area contributed by atoms with Crippen molar-refractivity contribution in [2.45, 2.75) is 9.79 Å². The fraction of sp³-hybridized carbons (Fsp3) is 0.0714. The lowest BCUT2D eigenvalue weighted by atomic mass is 10.3. The van der Waals surface area contributed by atoms with Crippen LogP contribution in [0.2, 0.25) is 0 Å². The fourth-order valence-corrected chi connectivity index (χ4v) is 4.25. The molecule has 2 aromatic carbocycles. The van der Waals surface area contributed by atoms with Crippen molar-refractivity contribution in [2.24, 2.45) is 0 Å². The Bertz CT molecular complexity index is 821. The molecule has 0 heterocycles. The van der Waals surface area contributed by atoms with Crippen molar-refractivity contribution in [1.82, 2.24) is 4.31 Å². The minimum absolute atomic E-state index is 0.0541. The van der Waals surface area contributed by atoms with E-state index in [2.05, 4.69) is 0 Å². The molecule has 0 fully saturated rings. The second kappa shape index (κ2) is 7.07. The van der Waals surface area contributed by atoms with Crippen LogP contribution in [0.5, 0.6) is 0 Å². The van der Waals surface area contributed by atoms with Crippen LogP contribution in [-0.4, -0.2) is 29.0 Å².